The molecule has 0 spiro atoms. The number of rotatable bonds is 3. The van der Waals surface area contributed by atoms with Gasteiger partial charge in [0.1, 0.15) is 0 Å². The largest absolute Gasteiger partial charge is 0.478 e. The van der Waals surface area contributed by atoms with E-state index in [1.165, 1.54) is 34.1 Å². The number of carboxylic acid groups (broad SMARTS) is 1. The van der Waals surface area contributed by atoms with Crippen molar-refractivity contribution in [2.75, 3.05) is 5.32 Å². The maximum Gasteiger partial charge on any atom is 0.336 e. The summed E-state index contributed by atoms with van der Waals surface area (Å²) in [5.41, 5.74) is 0.178. The smallest absolute Gasteiger partial charge is 0.336 e. The molecule has 0 aliphatic rings. The molecule has 0 bridgehead atoms. The Hall–Kier alpha value is -1.18. The molecule has 2 aromatic rings. The van der Waals surface area contributed by atoms with Crippen LogP contribution in [0.4, 0.5) is 5.00 Å². The number of anilines is 1. The number of thiophene rings is 2. The molecule has 88 valence electrons. The van der Waals surface area contributed by atoms with Gasteiger partial charge in [-0.1, -0.05) is 0 Å². The molecule has 2 aromatic heterocycles. The fourth-order valence-corrected chi connectivity index (χ4v) is 3.21. The third-order valence-corrected chi connectivity index (χ3v) is 4.41. The fraction of sp³-hybridized carbons (Fsp3) is 0. The fourth-order valence-electron chi connectivity index (χ4n) is 1.12. The minimum Gasteiger partial charge on any atom is -0.478 e. The van der Waals surface area contributed by atoms with E-state index < -0.39 is 5.97 Å². The molecule has 2 N–H and O–H groups in total. The van der Waals surface area contributed by atoms with Crippen molar-refractivity contribution in [3.05, 3.63) is 37.8 Å². The van der Waals surface area contributed by atoms with Crippen LogP contribution in [0, 0.1) is 0 Å². The summed E-state index contributed by atoms with van der Waals surface area (Å²) in [7, 11) is 0. The first-order valence-corrected chi connectivity index (χ1v) is 6.98. The Balaban J connectivity index is 2.10. The molecule has 0 atom stereocenters. The minimum atomic E-state index is -0.999. The normalized spacial score (nSPS) is 10.2. The standard InChI is InChI=1S/C10H6BrNO3S2/c11-6-2-7(16-4-6)9(13)12-8-1-5(3-17-8)10(14)15/h1-4H,(H,12,13)(H,14,15). The number of aromatic carboxylic acids is 1. The van der Waals surface area contributed by atoms with Crippen molar-refractivity contribution in [1.82, 2.24) is 0 Å². The van der Waals surface area contributed by atoms with Crippen LogP contribution in [0.2, 0.25) is 0 Å². The van der Waals surface area contributed by atoms with Crippen LogP contribution in [0.5, 0.6) is 0 Å². The summed E-state index contributed by atoms with van der Waals surface area (Å²) in [6.45, 7) is 0. The van der Waals surface area contributed by atoms with Crippen LogP contribution in [0.3, 0.4) is 0 Å². The molecule has 0 saturated heterocycles. The highest BCUT2D eigenvalue weighted by molar-refractivity contribution is 9.10. The highest BCUT2D eigenvalue weighted by Gasteiger charge is 2.11. The first-order chi connectivity index (χ1) is 8.06. The first kappa shape index (κ1) is 12.3. The number of nitrogens with one attached hydrogen (secondary N) is 1. The summed E-state index contributed by atoms with van der Waals surface area (Å²) in [4.78, 5) is 23.0. The lowest BCUT2D eigenvalue weighted by molar-refractivity contribution is 0.0697. The Morgan fingerprint density at radius 3 is 2.53 bits per heavy atom. The van der Waals surface area contributed by atoms with Crippen molar-refractivity contribution in [2.24, 2.45) is 0 Å². The second kappa shape index (κ2) is 4.99. The Morgan fingerprint density at radius 2 is 2.00 bits per heavy atom. The molecule has 2 rings (SSSR count). The molecule has 0 radical (unpaired) electrons. The number of hydrogen-bond donors (Lipinski definition) is 2. The number of carboxylic acids is 1. The Labute approximate surface area is 113 Å². The SMILES string of the molecule is O=C(O)c1csc(NC(=O)c2cc(Br)cs2)c1. The lowest BCUT2D eigenvalue weighted by atomic mass is 10.3. The third kappa shape index (κ3) is 2.93. The average Bonchev–Trinajstić information content (AvgIpc) is 2.86. The van der Waals surface area contributed by atoms with Crippen LogP contribution in [0.15, 0.2) is 27.4 Å². The second-order valence-corrected chi connectivity index (χ2v) is 5.83. The second-order valence-electron chi connectivity index (χ2n) is 3.09. The zero-order chi connectivity index (χ0) is 12.4. The Kier molecular flexibility index (Phi) is 3.60. The molecule has 1 amide bonds. The maximum absolute atomic E-state index is 11.7. The quantitative estimate of drug-likeness (QED) is 0.904. The van der Waals surface area contributed by atoms with Crippen LogP contribution >= 0.6 is 38.6 Å². The van der Waals surface area contributed by atoms with Gasteiger partial charge in [0.15, 0.2) is 0 Å². The van der Waals surface area contributed by atoms with E-state index in [-0.39, 0.29) is 11.5 Å². The van der Waals surface area contributed by atoms with E-state index in [2.05, 4.69) is 21.2 Å². The van der Waals surface area contributed by atoms with Gasteiger partial charge < -0.3 is 10.4 Å². The molecule has 0 aliphatic carbocycles. The zero-order valence-corrected chi connectivity index (χ0v) is 11.5. The van der Waals surface area contributed by atoms with Crippen molar-refractivity contribution in [2.45, 2.75) is 0 Å². The number of amides is 1. The third-order valence-electron chi connectivity index (χ3n) is 1.87. The van der Waals surface area contributed by atoms with Gasteiger partial charge in [0.2, 0.25) is 0 Å². The number of carbonyl (C=O) groups excluding carboxylic acids is 1. The molecule has 2 heterocycles. The van der Waals surface area contributed by atoms with Crippen molar-refractivity contribution in [3.8, 4) is 0 Å². The summed E-state index contributed by atoms with van der Waals surface area (Å²) >= 11 is 5.77. The molecule has 17 heavy (non-hydrogen) atoms. The predicted octanol–water partition coefficient (Wildman–Crippen LogP) is 3.52. The van der Waals surface area contributed by atoms with Crippen molar-refractivity contribution >= 4 is 55.5 Å². The summed E-state index contributed by atoms with van der Waals surface area (Å²) in [5.74, 6) is -1.24. The summed E-state index contributed by atoms with van der Waals surface area (Å²) in [6.07, 6.45) is 0. The topological polar surface area (TPSA) is 66.4 Å². The molecule has 7 heteroatoms. The van der Waals surface area contributed by atoms with E-state index in [1.54, 1.807) is 6.07 Å². The van der Waals surface area contributed by atoms with Gasteiger partial charge in [-0.3, -0.25) is 4.79 Å². The lowest BCUT2D eigenvalue weighted by Crippen LogP contribution is -2.08. The predicted molar refractivity (Wildman–Crippen MR) is 71.3 cm³/mol. The molecular weight excluding hydrogens is 326 g/mol. The van der Waals surface area contributed by atoms with E-state index in [0.29, 0.717) is 9.88 Å². The van der Waals surface area contributed by atoms with Crippen LogP contribution in [-0.4, -0.2) is 17.0 Å². The molecule has 0 unspecified atom stereocenters. The van der Waals surface area contributed by atoms with Crippen LogP contribution in [0.1, 0.15) is 20.0 Å². The summed E-state index contributed by atoms with van der Waals surface area (Å²) in [6, 6.07) is 3.15. The van der Waals surface area contributed by atoms with Crippen molar-refractivity contribution < 1.29 is 14.7 Å². The van der Waals surface area contributed by atoms with Crippen molar-refractivity contribution in [1.29, 1.82) is 0 Å². The monoisotopic (exact) mass is 331 g/mol. The molecule has 4 nitrogen and oxygen atoms in total. The summed E-state index contributed by atoms with van der Waals surface area (Å²) in [5, 5.41) is 15.2. The Morgan fingerprint density at radius 1 is 1.24 bits per heavy atom. The number of carbonyl (C=O) groups is 2. The van der Waals surface area contributed by atoms with Gasteiger partial charge in [0, 0.05) is 15.2 Å². The highest BCUT2D eigenvalue weighted by atomic mass is 79.9. The van der Waals surface area contributed by atoms with Crippen LogP contribution in [0.25, 0.3) is 0 Å². The van der Waals surface area contributed by atoms with Gasteiger partial charge in [-0.15, -0.1) is 22.7 Å². The van der Waals surface area contributed by atoms with Crippen LogP contribution < -0.4 is 5.32 Å². The summed E-state index contributed by atoms with van der Waals surface area (Å²) < 4.78 is 0.852. The molecule has 0 aromatic carbocycles. The van der Waals surface area contributed by atoms with Gasteiger partial charge >= 0.3 is 5.97 Å². The van der Waals surface area contributed by atoms with Crippen LogP contribution in [-0.2, 0) is 0 Å². The van der Waals surface area contributed by atoms with Crippen molar-refractivity contribution in [3.63, 3.8) is 0 Å². The maximum atomic E-state index is 11.7. The molecule has 0 aliphatic heterocycles. The first-order valence-electron chi connectivity index (χ1n) is 4.43. The van der Waals surface area contributed by atoms with Gasteiger partial charge in [-0.05, 0) is 28.1 Å². The minimum absolute atomic E-state index is 0.178. The van der Waals surface area contributed by atoms with Gasteiger partial charge in [0.05, 0.1) is 15.4 Å². The molecular formula is C10H6BrNO3S2. The van der Waals surface area contributed by atoms with E-state index >= 15 is 0 Å². The van der Waals surface area contributed by atoms with Gasteiger partial charge in [-0.25, -0.2) is 4.79 Å². The lowest BCUT2D eigenvalue weighted by Gasteiger charge is -1.98. The highest BCUT2D eigenvalue weighted by Crippen LogP contribution is 2.24. The van der Waals surface area contributed by atoms with E-state index in [4.69, 9.17) is 5.11 Å². The van der Waals surface area contributed by atoms with E-state index in [9.17, 15) is 9.59 Å². The average molecular weight is 332 g/mol. The van der Waals surface area contributed by atoms with Gasteiger partial charge in [-0.2, -0.15) is 0 Å². The van der Waals surface area contributed by atoms with E-state index in [1.807, 2.05) is 5.38 Å². The van der Waals surface area contributed by atoms with Gasteiger partial charge in [0.25, 0.3) is 5.91 Å². The zero-order valence-electron chi connectivity index (χ0n) is 8.27. The Bertz CT molecular complexity index is 576. The number of halogens is 1. The molecule has 0 fully saturated rings. The molecule has 0 saturated carbocycles. The van der Waals surface area contributed by atoms with E-state index in [0.717, 1.165) is 4.47 Å². The number of hydrogen-bond acceptors (Lipinski definition) is 4.